The molecule has 0 aliphatic heterocycles. The van der Waals surface area contributed by atoms with Crippen LogP contribution in [0, 0.1) is 0 Å². The lowest BCUT2D eigenvalue weighted by atomic mass is 9.94. The molecule has 2 nitrogen and oxygen atoms in total. The van der Waals surface area contributed by atoms with E-state index in [1.54, 1.807) is 6.07 Å². The second kappa shape index (κ2) is 6.27. The molecule has 1 fully saturated rings. The molecular weight excluding hydrogens is 289 g/mol. The van der Waals surface area contributed by atoms with Crippen LogP contribution in [0.15, 0.2) is 6.07 Å². The normalized spacial score (nSPS) is 16.8. The molecule has 0 spiro atoms. The highest BCUT2D eigenvalue weighted by Gasteiger charge is 2.27. The van der Waals surface area contributed by atoms with Crippen molar-refractivity contribution in [3.05, 3.63) is 20.3 Å². The SMILES string of the molecule is CCN(C(=O)c1cc(Cl)sc1Cl)C1CCCCC1. The van der Waals surface area contributed by atoms with E-state index in [2.05, 4.69) is 0 Å². The number of hydrogen-bond donors (Lipinski definition) is 0. The maximum atomic E-state index is 12.5. The molecule has 1 aliphatic rings. The van der Waals surface area contributed by atoms with Crippen molar-refractivity contribution in [2.24, 2.45) is 0 Å². The van der Waals surface area contributed by atoms with Gasteiger partial charge in [-0.2, -0.15) is 0 Å². The zero-order valence-corrected chi connectivity index (χ0v) is 12.7. The molecule has 2 rings (SSSR count). The monoisotopic (exact) mass is 305 g/mol. The molecule has 18 heavy (non-hydrogen) atoms. The van der Waals surface area contributed by atoms with Gasteiger partial charge in [0.1, 0.15) is 4.34 Å². The Morgan fingerprint density at radius 2 is 2.06 bits per heavy atom. The van der Waals surface area contributed by atoms with Gasteiger partial charge in [0, 0.05) is 12.6 Å². The van der Waals surface area contributed by atoms with Crippen molar-refractivity contribution in [2.45, 2.75) is 45.1 Å². The molecular formula is C13H17Cl2NOS. The Bertz CT molecular complexity index is 427. The maximum absolute atomic E-state index is 12.5. The van der Waals surface area contributed by atoms with Crippen LogP contribution in [-0.2, 0) is 0 Å². The first-order valence-electron chi connectivity index (χ1n) is 6.39. The fourth-order valence-electron chi connectivity index (χ4n) is 2.60. The van der Waals surface area contributed by atoms with E-state index < -0.39 is 0 Å². The number of thiophene rings is 1. The van der Waals surface area contributed by atoms with Crippen LogP contribution < -0.4 is 0 Å². The molecule has 0 unspecified atom stereocenters. The number of carbonyl (C=O) groups is 1. The molecule has 0 atom stereocenters. The van der Waals surface area contributed by atoms with E-state index in [1.807, 2.05) is 11.8 Å². The van der Waals surface area contributed by atoms with Crippen molar-refractivity contribution < 1.29 is 4.79 Å². The second-order valence-corrected chi connectivity index (χ2v) is 6.91. The van der Waals surface area contributed by atoms with Gasteiger partial charge in [-0.25, -0.2) is 0 Å². The van der Waals surface area contributed by atoms with Crippen LogP contribution in [0.25, 0.3) is 0 Å². The summed E-state index contributed by atoms with van der Waals surface area (Å²) >= 11 is 13.2. The quantitative estimate of drug-likeness (QED) is 0.781. The molecule has 5 heteroatoms. The number of halogens is 2. The Kier molecular flexibility index (Phi) is 4.93. The van der Waals surface area contributed by atoms with Gasteiger partial charge in [0.05, 0.1) is 9.90 Å². The molecule has 0 aromatic carbocycles. The van der Waals surface area contributed by atoms with Gasteiger partial charge in [0.2, 0.25) is 0 Å². The minimum absolute atomic E-state index is 0.0255. The second-order valence-electron chi connectivity index (χ2n) is 4.62. The first kappa shape index (κ1) is 14.2. The van der Waals surface area contributed by atoms with Crippen LogP contribution in [0.5, 0.6) is 0 Å². The first-order valence-corrected chi connectivity index (χ1v) is 7.96. The largest absolute Gasteiger partial charge is 0.336 e. The molecule has 1 aromatic rings. The lowest BCUT2D eigenvalue weighted by molar-refractivity contribution is 0.0648. The predicted octanol–water partition coefficient (Wildman–Crippen LogP) is 4.85. The van der Waals surface area contributed by atoms with Gasteiger partial charge in [-0.05, 0) is 25.8 Å². The van der Waals surface area contributed by atoms with Crippen LogP contribution >= 0.6 is 34.5 Å². The van der Waals surface area contributed by atoms with Gasteiger partial charge in [-0.3, -0.25) is 4.79 Å². The lowest BCUT2D eigenvalue weighted by Crippen LogP contribution is -2.41. The zero-order chi connectivity index (χ0) is 13.1. The summed E-state index contributed by atoms with van der Waals surface area (Å²) in [5.41, 5.74) is 0.555. The molecule has 0 saturated heterocycles. The van der Waals surface area contributed by atoms with Gasteiger partial charge in [-0.1, -0.05) is 42.5 Å². The van der Waals surface area contributed by atoms with Crippen molar-refractivity contribution in [1.29, 1.82) is 0 Å². The first-order chi connectivity index (χ1) is 8.63. The number of rotatable bonds is 3. The smallest absolute Gasteiger partial charge is 0.256 e. The van der Waals surface area contributed by atoms with E-state index in [1.165, 1.54) is 30.6 Å². The van der Waals surface area contributed by atoms with E-state index in [4.69, 9.17) is 23.2 Å². The van der Waals surface area contributed by atoms with Crippen molar-refractivity contribution in [3.63, 3.8) is 0 Å². The molecule has 100 valence electrons. The van der Waals surface area contributed by atoms with Crippen LogP contribution in [0.2, 0.25) is 8.67 Å². The number of carbonyl (C=O) groups excluding carboxylic acids is 1. The molecule has 0 bridgehead atoms. The zero-order valence-electron chi connectivity index (χ0n) is 10.4. The Hall–Kier alpha value is -0.250. The fraction of sp³-hybridized carbons (Fsp3) is 0.615. The summed E-state index contributed by atoms with van der Waals surface area (Å²) in [5.74, 6) is 0.0255. The Morgan fingerprint density at radius 3 is 2.56 bits per heavy atom. The van der Waals surface area contributed by atoms with Gasteiger partial charge < -0.3 is 4.90 Å². The van der Waals surface area contributed by atoms with Crippen molar-refractivity contribution in [2.75, 3.05) is 6.54 Å². The topological polar surface area (TPSA) is 20.3 Å². The summed E-state index contributed by atoms with van der Waals surface area (Å²) in [6, 6.07) is 2.05. The minimum Gasteiger partial charge on any atom is -0.336 e. The predicted molar refractivity (Wildman–Crippen MR) is 77.9 cm³/mol. The Labute approximate surface area is 122 Å². The summed E-state index contributed by atoms with van der Waals surface area (Å²) in [6.45, 7) is 2.75. The molecule has 1 aromatic heterocycles. The van der Waals surface area contributed by atoms with Crippen LogP contribution in [0.1, 0.15) is 49.4 Å². The molecule has 0 radical (unpaired) electrons. The summed E-state index contributed by atoms with van der Waals surface area (Å²) in [6.07, 6.45) is 5.93. The number of nitrogens with zero attached hydrogens (tertiary/aromatic N) is 1. The number of hydrogen-bond acceptors (Lipinski definition) is 2. The standard InChI is InChI=1S/C13H17Cl2NOS/c1-2-16(9-6-4-3-5-7-9)13(17)10-8-11(14)18-12(10)15/h8-9H,2-7H2,1H3. The summed E-state index contributed by atoms with van der Waals surface area (Å²) < 4.78 is 1.07. The molecule has 0 N–H and O–H groups in total. The average Bonchev–Trinajstić information content (AvgIpc) is 2.70. The van der Waals surface area contributed by atoms with E-state index >= 15 is 0 Å². The van der Waals surface area contributed by atoms with E-state index in [0.29, 0.717) is 20.3 Å². The van der Waals surface area contributed by atoms with Crippen LogP contribution in [0.3, 0.4) is 0 Å². The third kappa shape index (κ3) is 3.01. The van der Waals surface area contributed by atoms with Crippen molar-refractivity contribution in [3.8, 4) is 0 Å². The summed E-state index contributed by atoms with van der Waals surface area (Å²) in [4.78, 5) is 14.4. The highest BCUT2D eigenvalue weighted by molar-refractivity contribution is 7.20. The van der Waals surface area contributed by atoms with E-state index in [-0.39, 0.29) is 5.91 Å². The molecule has 1 amide bonds. The average molecular weight is 306 g/mol. The summed E-state index contributed by atoms with van der Waals surface area (Å²) in [7, 11) is 0. The van der Waals surface area contributed by atoms with Crippen molar-refractivity contribution >= 4 is 40.4 Å². The Balaban J connectivity index is 2.16. The maximum Gasteiger partial charge on any atom is 0.256 e. The lowest BCUT2D eigenvalue weighted by Gasteiger charge is -2.33. The Morgan fingerprint density at radius 1 is 1.39 bits per heavy atom. The van der Waals surface area contributed by atoms with Crippen LogP contribution in [-0.4, -0.2) is 23.4 Å². The minimum atomic E-state index is 0.0255. The van der Waals surface area contributed by atoms with Gasteiger partial charge in [-0.15, -0.1) is 11.3 Å². The third-order valence-electron chi connectivity index (χ3n) is 3.50. The van der Waals surface area contributed by atoms with Gasteiger partial charge >= 0.3 is 0 Å². The van der Waals surface area contributed by atoms with E-state index in [9.17, 15) is 4.79 Å². The van der Waals surface area contributed by atoms with Crippen molar-refractivity contribution in [1.82, 2.24) is 4.90 Å². The van der Waals surface area contributed by atoms with E-state index in [0.717, 1.165) is 19.4 Å². The highest BCUT2D eigenvalue weighted by atomic mass is 35.5. The third-order valence-corrected chi connectivity index (χ3v) is 4.99. The molecule has 1 saturated carbocycles. The molecule has 1 heterocycles. The highest BCUT2D eigenvalue weighted by Crippen LogP contribution is 2.33. The summed E-state index contributed by atoms with van der Waals surface area (Å²) in [5, 5.41) is 0. The number of amides is 1. The fourth-order valence-corrected chi connectivity index (χ4v) is 4.05. The van der Waals surface area contributed by atoms with Gasteiger partial charge in [0.25, 0.3) is 5.91 Å². The molecule has 1 aliphatic carbocycles. The van der Waals surface area contributed by atoms with Gasteiger partial charge in [0.15, 0.2) is 0 Å². The van der Waals surface area contributed by atoms with Crippen LogP contribution in [0.4, 0.5) is 0 Å².